The molecule has 27 heavy (non-hydrogen) atoms. The number of hydrogen-bond acceptors (Lipinski definition) is 4. The first-order valence-electron chi connectivity index (χ1n) is 9.01. The quantitative estimate of drug-likeness (QED) is 0.769. The molecule has 3 N–H and O–H groups in total. The smallest absolute Gasteiger partial charge is 0.317 e. The second kappa shape index (κ2) is 7.92. The van der Waals surface area contributed by atoms with Gasteiger partial charge < -0.3 is 20.4 Å². The van der Waals surface area contributed by atoms with Crippen molar-refractivity contribution >= 4 is 6.03 Å². The van der Waals surface area contributed by atoms with Gasteiger partial charge in [-0.1, -0.05) is 18.2 Å². The summed E-state index contributed by atoms with van der Waals surface area (Å²) in [6.45, 7) is 0.129. The summed E-state index contributed by atoms with van der Waals surface area (Å²) in [6, 6.07) is 9.20. The Labute approximate surface area is 157 Å². The van der Waals surface area contributed by atoms with Crippen molar-refractivity contribution in [2.45, 2.75) is 43.9 Å². The normalized spacial score (nSPS) is 22.3. The molecule has 0 saturated heterocycles. The first kappa shape index (κ1) is 19.1. The van der Waals surface area contributed by atoms with Crippen LogP contribution in [0.2, 0.25) is 0 Å². The van der Waals surface area contributed by atoms with Crippen LogP contribution in [0.3, 0.4) is 0 Å². The average molecular weight is 373 g/mol. The minimum absolute atomic E-state index is 0.0111. The largest absolute Gasteiger partial charge is 0.506 e. The van der Waals surface area contributed by atoms with Gasteiger partial charge in [0.25, 0.3) is 0 Å². The lowest BCUT2D eigenvalue weighted by atomic mass is 9.79. The van der Waals surface area contributed by atoms with Gasteiger partial charge in [0.05, 0.1) is 11.9 Å². The number of carbonyl (C=O) groups excluding carboxylic acids is 1. The van der Waals surface area contributed by atoms with Crippen molar-refractivity contribution in [1.29, 1.82) is 0 Å². The van der Waals surface area contributed by atoms with Gasteiger partial charge in [0.15, 0.2) is 0 Å². The van der Waals surface area contributed by atoms with E-state index in [0.29, 0.717) is 36.9 Å². The molecular formula is C20H24FN3O3. The fourth-order valence-corrected chi connectivity index (χ4v) is 3.49. The van der Waals surface area contributed by atoms with Gasteiger partial charge in [-0.05, 0) is 43.9 Å². The van der Waals surface area contributed by atoms with E-state index in [1.54, 1.807) is 36.2 Å². The molecule has 144 valence electrons. The van der Waals surface area contributed by atoms with Crippen LogP contribution >= 0.6 is 0 Å². The molecule has 0 aliphatic heterocycles. The van der Waals surface area contributed by atoms with Crippen LogP contribution in [0.15, 0.2) is 42.6 Å². The molecule has 1 heterocycles. The number of benzene rings is 1. The van der Waals surface area contributed by atoms with Gasteiger partial charge in [0, 0.05) is 25.2 Å². The fourth-order valence-electron chi connectivity index (χ4n) is 3.49. The van der Waals surface area contributed by atoms with Crippen molar-refractivity contribution in [2.24, 2.45) is 0 Å². The standard InChI is InChI=1S/C20H24FN3O3/c1-24(19(26)23-12-14-4-2-3-5-17(14)21)15-8-10-20(27,11-9-15)18-7-6-16(25)13-22-18/h2-7,13,15,25,27H,8-12H2,1H3,(H,23,26)/t15-,20-. The van der Waals surface area contributed by atoms with E-state index in [-0.39, 0.29) is 30.2 Å². The Hall–Kier alpha value is -2.67. The van der Waals surface area contributed by atoms with Crippen molar-refractivity contribution < 1.29 is 19.4 Å². The monoisotopic (exact) mass is 373 g/mol. The number of aliphatic hydroxyl groups is 1. The molecule has 0 atom stereocenters. The number of nitrogens with one attached hydrogen (secondary N) is 1. The summed E-state index contributed by atoms with van der Waals surface area (Å²) in [6.07, 6.45) is 3.52. The van der Waals surface area contributed by atoms with Crippen LogP contribution in [-0.2, 0) is 12.1 Å². The Balaban J connectivity index is 1.54. The predicted octanol–water partition coefficient (Wildman–Crippen LogP) is 2.90. The molecule has 2 amide bonds. The molecule has 3 rings (SSSR count). The molecule has 0 unspecified atom stereocenters. The second-order valence-corrected chi connectivity index (χ2v) is 7.03. The zero-order valence-electron chi connectivity index (χ0n) is 15.2. The summed E-state index contributed by atoms with van der Waals surface area (Å²) in [5.41, 5.74) is -0.0737. The highest BCUT2D eigenvalue weighted by Crippen LogP contribution is 2.37. The van der Waals surface area contributed by atoms with Crippen LogP contribution in [0.1, 0.15) is 36.9 Å². The Bertz CT molecular complexity index is 789. The third kappa shape index (κ3) is 4.36. The number of aromatic hydroxyl groups is 1. The van der Waals surface area contributed by atoms with E-state index in [1.165, 1.54) is 18.3 Å². The number of hydrogen-bond donors (Lipinski definition) is 3. The number of carbonyl (C=O) groups is 1. The molecule has 1 saturated carbocycles. The third-order valence-electron chi connectivity index (χ3n) is 5.26. The van der Waals surface area contributed by atoms with E-state index in [9.17, 15) is 19.4 Å². The molecule has 1 aromatic carbocycles. The highest BCUT2D eigenvalue weighted by Gasteiger charge is 2.37. The van der Waals surface area contributed by atoms with Gasteiger partial charge in [0.2, 0.25) is 0 Å². The van der Waals surface area contributed by atoms with Crippen molar-refractivity contribution in [2.75, 3.05) is 7.05 Å². The molecule has 1 aliphatic rings. The first-order valence-corrected chi connectivity index (χ1v) is 9.01. The number of pyridine rings is 1. The first-order chi connectivity index (χ1) is 12.9. The van der Waals surface area contributed by atoms with Gasteiger partial charge in [-0.15, -0.1) is 0 Å². The number of halogens is 1. The lowest BCUT2D eigenvalue weighted by molar-refractivity contribution is -0.0211. The zero-order chi connectivity index (χ0) is 19.4. The highest BCUT2D eigenvalue weighted by molar-refractivity contribution is 5.74. The number of rotatable bonds is 4. The minimum atomic E-state index is -1.05. The van der Waals surface area contributed by atoms with Crippen LogP contribution in [0, 0.1) is 5.82 Å². The van der Waals surface area contributed by atoms with Crippen LogP contribution in [0.25, 0.3) is 0 Å². The molecular weight excluding hydrogens is 349 g/mol. The van der Waals surface area contributed by atoms with Crippen molar-refractivity contribution in [3.05, 3.63) is 59.7 Å². The summed E-state index contributed by atoms with van der Waals surface area (Å²) in [5.74, 6) is -0.285. The molecule has 0 spiro atoms. The van der Waals surface area contributed by atoms with Gasteiger partial charge in [-0.3, -0.25) is 4.98 Å². The van der Waals surface area contributed by atoms with E-state index >= 15 is 0 Å². The number of urea groups is 1. The van der Waals surface area contributed by atoms with Crippen LogP contribution in [-0.4, -0.2) is 39.2 Å². The topological polar surface area (TPSA) is 85.7 Å². The second-order valence-electron chi connectivity index (χ2n) is 7.03. The fraction of sp³-hybridized carbons (Fsp3) is 0.400. The van der Waals surface area contributed by atoms with Crippen molar-refractivity contribution in [3.63, 3.8) is 0 Å². The predicted molar refractivity (Wildman–Crippen MR) is 98.5 cm³/mol. The van der Waals surface area contributed by atoms with E-state index in [0.717, 1.165) is 0 Å². The average Bonchev–Trinajstić information content (AvgIpc) is 2.67. The van der Waals surface area contributed by atoms with E-state index in [2.05, 4.69) is 10.3 Å². The molecule has 1 aromatic heterocycles. The van der Waals surface area contributed by atoms with Crippen molar-refractivity contribution in [1.82, 2.24) is 15.2 Å². The Kier molecular flexibility index (Phi) is 5.60. The molecule has 1 fully saturated rings. The zero-order valence-corrected chi connectivity index (χ0v) is 15.2. The summed E-state index contributed by atoms with van der Waals surface area (Å²) in [5, 5.41) is 22.9. The Morgan fingerprint density at radius 2 is 2.00 bits per heavy atom. The van der Waals surface area contributed by atoms with Crippen molar-refractivity contribution in [3.8, 4) is 5.75 Å². The summed E-state index contributed by atoms with van der Waals surface area (Å²) < 4.78 is 13.7. The highest BCUT2D eigenvalue weighted by atomic mass is 19.1. The third-order valence-corrected chi connectivity index (χ3v) is 5.26. The maximum atomic E-state index is 13.7. The van der Waals surface area contributed by atoms with Gasteiger partial charge in [-0.2, -0.15) is 0 Å². The van der Waals surface area contributed by atoms with Crippen LogP contribution in [0.4, 0.5) is 9.18 Å². The summed E-state index contributed by atoms with van der Waals surface area (Å²) >= 11 is 0. The number of nitrogens with zero attached hydrogens (tertiary/aromatic N) is 2. The molecule has 0 bridgehead atoms. The summed E-state index contributed by atoms with van der Waals surface area (Å²) in [4.78, 5) is 18.1. The van der Waals surface area contributed by atoms with Crippen LogP contribution < -0.4 is 5.32 Å². The number of amides is 2. The maximum Gasteiger partial charge on any atom is 0.317 e. The van der Waals surface area contributed by atoms with Gasteiger partial charge in [0.1, 0.15) is 17.2 Å². The lowest BCUT2D eigenvalue weighted by Crippen LogP contribution is -2.47. The molecule has 2 aromatic rings. The maximum absolute atomic E-state index is 13.7. The summed E-state index contributed by atoms with van der Waals surface area (Å²) in [7, 11) is 1.71. The van der Waals surface area contributed by atoms with E-state index in [1.807, 2.05) is 0 Å². The van der Waals surface area contributed by atoms with Gasteiger partial charge in [-0.25, -0.2) is 9.18 Å². The van der Waals surface area contributed by atoms with E-state index in [4.69, 9.17) is 0 Å². The minimum Gasteiger partial charge on any atom is -0.506 e. The van der Waals surface area contributed by atoms with E-state index < -0.39 is 5.60 Å². The van der Waals surface area contributed by atoms with Gasteiger partial charge >= 0.3 is 6.03 Å². The molecule has 1 aliphatic carbocycles. The SMILES string of the molecule is CN(C(=O)NCc1ccccc1F)[C@H]1CC[C@@](O)(c2ccc(O)cn2)CC1. The molecule has 6 nitrogen and oxygen atoms in total. The molecule has 7 heteroatoms. The number of aromatic nitrogens is 1. The lowest BCUT2D eigenvalue weighted by Gasteiger charge is -2.39. The molecule has 0 radical (unpaired) electrons. The van der Waals surface area contributed by atoms with Crippen LogP contribution in [0.5, 0.6) is 5.75 Å². The Morgan fingerprint density at radius 3 is 2.63 bits per heavy atom. The Morgan fingerprint density at radius 1 is 1.30 bits per heavy atom.